The third-order valence-corrected chi connectivity index (χ3v) is 4.10. The topological polar surface area (TPSA) is 95.6 Å². The van der Waals surface area contributed by atoms with Gasteiger partial charge in [-0.2, -0.15) is 0 Å². The second-order valence-electron chi connectivity index (χ2n) is 6.16. The number of aryl methyl sites for hydroxylation is 1. The molecule has 3 N–H and O–H groups in total. The Morgan fingerprint density at radius 2 is 2.00 bits per heavy atom. The number of hydrogen-bond acceptors (Lipinski definition) is 5. The van der Waals surface area contributed by atoms with Crippen molar-refractivity contribution in [2.24, 2.45) is 0 Å². The number of fused-ring (bicyclic) bond motifs is 1. The molecule has 4 aromatic rings. The van der Waals surface area contributed by atoms with Gasteiger partial charge >= 0.3 is 0 Å². The highest BCUT2D eigenvalue weighted by Gasteiger charge is 2.12. The summed E-state index contributed by atoms with van der Waals surface area (Å²) in [5.41, 5.74) is 4.41. The van der Waals surface area contributed by atoms with Crippen molar-refractivity contribution in [3.63, 3.8) is 0 Å². The molecule has 0 fully saturated rings. The molecule has 4 rings (SSSR count). The molecular weight excluding hydrogens is 340 g/mol. The van der Waals surface area contributed by atoms with E-state index >= 15 is 0 Å². The van der Waals surface area contributed by atoms with Gasteiger partial charge in [-0.3, -0.25) is 9.78 Å². The highest BCUT2D eigenvalue weighted by atomic mass is 16.1. The Morgan fingerprint density at radius 1 is 1.11 bits per heavy atom. The number of amides is 1. The summed E-state index contributed by atoms with van der Waals surface area (Å²) in [6, 6.07) is 11.7. The van der Waals surface area contributed by atoms with Crippen LogP contribution in [-0.2, 0) is 4.79 Å². The predicted molar refractivity (Wildman–Crippen MR) is 106 cm³/mol. The molecule has 0 saturated heterocycles. The summed E-state index contributed by atoms with van der Waals surface area (Å²) in [6.07, 6.45) is 5.39. The molecule has 27 heavy (non-hydrogen) atoms. The first kappa shape index (κ1) is 16.7. The van der Waals surface area contributed by atoms with E-state index in [0.717, 1.165) is 27.8 Å². The van der Waals surface area contributed by atoms with Crippen molar-refractivity contribution in [1.29, 1.82) is 0 Å². The van der Waals surface area contributed by atoms with Crippen LogP contribution in [0.15, 0.2) is 55.0 Å². The van der Waals surface area contributed by atoms with E-state index in [1.54, 1.807) is 25.4 Å². The van der Waals surface area contributed by atoms with E-state index in [1.807, 2.05) is 36.5 Å². The Balaban J connectivity index is 1.77. The van der Waals surface area contributed by atoms with Crippen LogP contribution in [0.5, 0.6) is 0 Å². The van der Waals surface area contributed by atoms with Crippen LogP contribution in [0.3, 0.4) is 0 Å². The Kier molecular flexibility index (Phi) is 4.25. The molecule has 0 atom stereocenters. The molecule has 0 aliphatic carbocycles. The molecule has 7 heteroatoms. The van der Waals surface area contributed by atoms with Gasteiger partial charge in [0.1, 0.15) is 11.6 Å². The van der Waals surface area contributed by atoms with Crippen molar-refractivity contribution in [3.05, 3.63) is 60.8 Å². The van der Waals surface area contributed by atoms with E-state index in [9.17, 15) is 4.79 Å². The Bertz CT molecular complexity index is 1130. The van der Waals surface area contributed by atoms with Crippen molar-refractivity contribution in [2.45, 2.75) is 13.8 Å². The minimum atomic E-state index is -0.178. The van der Waals surface area contributed by atoms with Gasteiger partial charge in [-0.15, -0.1) is 0 Å². The van der Waals surface area contributed by atoms with Crippen LogP contribution >= 0.6 is 0 Å². The van der Waals surface area contributed by atoms with Gasteiger partial charge in [0.15, 0.2) is 0 Å². The first-order valence-corrected chi connectivity index (χ1v) is 8.51. The van der Waals surface area contributed by atoms with Gasteiger partial charge in [0.25, 0.3) is 0 Å². The number of carbonyl (C=O) groups is 1. The van der Waals surface area contributed by atoms with Crippen LogP contribution in [0.25, 0.3) is 22.2 Å². The van der Waals surface area contributed by atoms with Crippen LogP contribution in [0, 0.1) is 6.92 Å². The smallest absolute Gasteiger partial charge is 0.222 e. The second-order valence-corrected chi connectivity index (χ2v) is 6.16. The van der Waals surface area contributed by atoms with E-state index in [-0.39, 0.29) is 5.91 Å². The van der Waals surface area contributed by atoms with Gasteiger partial charge in [0.05, 0.1) is 11.4 Å². The van der Waals surface area contributed by atoms with Gasteiger partial charge in [0.2, 0.25) is 5.91 Å². The number of H-pyrrole nitrogens is 1. The summed E-state index contributed by atoms with van der Waals surface area (Å²) in [5.74, 6) is 0.856. The lowest BCUT2D eigenvalue weighted by molar-refractivity contribution is -0.114. The molecule has 0 bridgehead atoms. The standard InChI is InChI=1S/C20H18N6O/c1-12-23-19(10-20(24-12)25-13(2)27)15-11-21-8-7-18(15)26-17-5-3-4-16-14(17)6-9-22-16/h3-11,22H,1-2H3,(H,21,26)(H,23,24,25,27). The number of aromatic nitrogens is 4. The van der Waals surface area contributed by atoms with Gasteiger partial charge in [-0.25, -0.2) is 9.97 Å². The Morgan fingerprint density at radius 3 is 2.85 bits per heavy atom. The van der Waals surface area contributed by atoms with E-state index in [0.29, 0.717) is 17.3 Å². The number of anilines is 3. The molecule has 0 saturated carbocycles. The molecule has 0 radical (unpaired) electrons. The third-order valence-electron chi connectivity index (χ3n) is 4.10. The van der Waals surface area contributed by atoms with E-state index in [1.165, 1.54) is 6.92 Å². The minimum Gasteiger partial charge on any atom is -0.361 e. The average Bonchev–Trinajstić information content (AvgIpc) is 3.11. The summed E-state index contributed by atoms with van der Waals surface area (Å²) in [4.78, 5) is 27.6. The number of benzene rings is 1. The van der Waals surface area contributed by atoms with E-state index < -0.39 is 0 Å². The summed E-state index contributed by atoms with van der Waals surface area (Å²) >= 11 is 0. The van der Waals surface area contributed by atoms with E-state index in [2.05, 4.69) is 30.6 Å². The van der Waals surface area contributed by atoms with Gasteiger partial charge in [-0.05, 0) is 31.2 Å². The normalized spacial score (nSPS) is 10.7. The maximum Gasteiger partial charge on any atom is 0.222 e. The fourth-order valence-corrected chi connectivity index (χ4v) is 3.00. The number of nitrogens with zero attached hydrogens (tertiary/aromatic N) is 3. The number of hydrogen-bond donors (Lipinski definition) is 3. The molecule has 0 aliphatic heterocycles. The lowest BCUT2D eigenvalue weighted by Gasteiger charge is -2.13. The zero-order valence-electron chi connectivity index (χ0n) is 14.9. The van der Waals surface area contributed by atoms with Gasteiger partial charge in [0, 0.05) is 53.7 Å². The zero-order chi connectivity index (χ0) is 18.8. The van der Waals surface area contributed by atoms with Crippen molar-refractivity contribution in [2.75, 3.05) is 10.6 Å². The summed E-state index contributed by atoms with van der Waals surface area (Å²) in [6.45, 7) is 3.24. The SMILES string of the molecule is CC(=O)Nc1cc(-c2cnccc2Nc2cccc3[nH]ccc23)nc(C)n1. The third kappa shape index (κ3) is 3.48. The molecule has 134 valence electrons. The van der Waals surface area contributed by atoms with Crippen molar-refractivity contribution < 1.29 is 4.79 Å². The number of rotatable bonds is 4. The molecular formula is C20H18N6O. The average molecular weight is 358 g/mol. The lowest BCUT2D eigenvalue weighted by Crippen LogP contribution is -2.09. The number of aromatic amines is 1. The fraction of sp³-hybridized carbons (Fsp3) is 0.100. The number of pyridine rings is 1. The maximum atomic E-state index is 11.4. The second kappa shape index (κ2) is 6.87. The first-order valence-electron chi connectivity index (χ1n) is 8.51. The highest BCUT2D eigenvalue weighted by Crippen LogP contribution is 2.32. The van der Waals surface area contributed by atoms with Gasteiger partial charge < -0.3 is 15.6 Å². The maximum absolute atomic E-state index is 11.4. The van der Waals surface area contributed by atoms with Crippen molar-refractivity contribution >= 4 is 34.0 Å². The monoisotopic (exact) mass is 358 g/mol. The van der Waals surface area contributed by atoms with Crippen LogP contribution in [0.4, 0.5) is 17.2 Å². The van der Waals surface area contributed by atoms with Gasteiger partial charge in [-0.1, -0.05) is 6.07 Å². The minimum absolute atomic E-state index is 0.178. The molecule has 1 amide bonds. The molecule has 1 aromatic carbocycles. The van der Waals surface area contributed by atoms with Crippen LogP contribution < -0.4 is 10.6 Å². The molecule has 3 aromatic heterocycles. The number of carbonyl (C=O) groups excluding carboxylic acids is 1. The first-order chi connectivity index (χ1) is 13.1. The molecule has 7 nitrogen and oxygen atoms in total. The van der Waals surface area contributed by atoms with Crippen LogP contribution in [-0.4, -0.2) is 25.8 Å². The highest BCUT2D eigenvalue weighted by molar-refractivity contribution is 5.95. The van der Waals surface area contributed by atoms with Crippen molar-refractivity contribution in [1.82, 2.24) is 19.9 Å². The zero-order valence-corrected chi connectivity index (χ0v) is 14.9. The lowest BCUT2D eigenvalue weighted by atomic mass is 10.1. The van der Waals surface area contributed by atoms with Crippen molar-refractivity contribution in [3.8, 4) is 11.3 Å². The van der Waals surface area contributed by atoms with Crippen LogP contribution in [0.2, 0.25) is 0 Å². The Labute approximate surface area is 155 Å². The summed E-state index contributed by atoms with van der Waals surface area (Å²) < 4.78 is 0. The predicted octanol–water partition coefficient (Wildman–Crippen LogP) is 4.03. The van der Waals surface area contributed by atoms with Crippen LogP contribution in [0.1, 0.15) is 12.7 Å². The number of nitrogens with one attached hydrogen (secondary N) is 3. The molecule has 3 heterocycles. The Hall–Kier alpha value is -3.74. The quantitative estimate of drug-likeness (QED) is 0.512. The summed E-state index contributed by atoms with van der Waals surface area (Å²) in [7, 11) is 0. The largest absolute Gasteiger partial charge is 0.361 e. The molecule has 0 unspecified atom stereocenters. The summed E-state index contributed by atoms with van der Waals surface area (Å²) in [5, 5.41) is 7.28. The molecule has 0 aliphatic rings. The fourth-order valence-electron chi connectivity index (χ4n) is 3.00. The molecule has 0 spiro atoms. The van der Waals surface area contributed by atoms with E-state index in [4.69, 9.17) is 0 Å².